The molecule has 0 aliphatic carbocycles. The first-order valence-corrected chi connectivity index (χ1v) is 6.90. The van der Waals surface area contributed by atoms with Crippen LogP contribution in [0.4, 0.5) is 10.5 Å². The number of carbonyl (C=O) groups is 2. The number of nitrogens with one attached hydrogen (secondary N) is 1. The second-order valence-corrected chi connectivity index (χ2v) is 5.33. The first-order chi connectivity index (χ1) is 10.5. The molecule has 1 saturated heterocycles. The number of non-ortho nitro benzene ring substituents is 1. The van der Waals surface area contributed by atoms with Crippen LogP contribution >= 0.6 is 11.8 Å². The van der Waals surface area contributed by atoms with Crippen molar-refractivity contribution in [2.24, 2.45) is 0 Å². The molecule has 2 aromatic rings. The molecule has 2 heterocycles. The number of carbonyl (C=O) groups excluding carboxylic acids is 2. The maximum absolute atomic E-state index is 11.4. The second-order valence-electron chi connectivity index (χ2n) is 4.31. The summed E-state index contributed by atoms with van der Waals surface area (Å²) in [6.45, 7) is 0. The highest BCUT2D eigenvalue weighted by atomic mass is 32.2. The van der Waals surface area contributed by atoms with Crippen LogP contribution in [0.5, 0.6) is 0 Å². The van der Waals surface area contributed by atoms with Crippen molar-refractivity contribution in [3.05, 3.63) is 57.2 Å². The minimum atomic E-state index is -0.477. The van der Waals surface area contributed by atoms with Crippen LogP contribution in [-0.2, 0) is 4.79 Å². The fourth-order valence-corrected chi connectivity index (χ4v) is 2.51. The van der Waals surface area contributed by atoms with Gasteiger partial charge in [0.05, 0.1) is 21.2 Å². The number of nitro benzene ring substituents is 1. The summed E-state index contributed by atoms with van der Waals surface area (Å²) in [6, 6.07) is 7.58. The summed E-state index contributed by atoms with van der Waals surface area (Å²) in [5.74, 6) is -0.445. The molecule has 1 aliphatic heterocycles. The number of amides is 2. The Kier molecular flexibility index (Phi) is 3.47. The highest BCUT2D eigenvalue weighted by Crippen LogP contribution is 2.25. The Morgan fingerprint density at radius 3 is 2.55 bits per heavy atom. The fourth-order valence-electron chi connectivity index (χ4n) is 1.84. The Bertz CT molecular complexity index is 810. The van der Waals surface area contributed by atoms with Crippen molar-refractivity contribution in [3.8, 4) is 5.69 Å². The summed E-state index contributed by atoms with van der Waals surface area (Å²) in [6.07, 6.45) is 3.17. The van der Waals surface area contributed by atoms with Crippen LogP contribution in [-0.4, -0.2) is 25.9 Å². The third-order valence-corrected chi connectivity index (χ3v) is 3.67. The van der Waals surface area contributed by atoms with Crippen molar-refractivity contribution >= 4 is 34.7 Å². The predicted octanol–water partition coefficient (Wildman–Crippen LogP) is 2.10. The van der Waals surface area contributed by atoms with Gasteiger partial charge in [0.2, 0.25) is 0 Å². The maximum Gasteiger partial charge on any atom is 0.290 e. The molecule has 0 bridgehead atoms. The molecule has 0 saturated carbocycles. The molecule has 9 heteroatoms. The number of nitro groups is 1. The summed E-state index contributed by atoms with van der Waals surface area (Å²) in [5, 5.41) is 16.6. The predicted molar refractivity (Wildman–Crippen MR) is 79.3 cm³/mol. The number of benzene rings is 1. The Labute approximate surface area is 128 Å². The number of hydrogen-bond acceptors (Lipinski definition) is 6. The monoisotopic (exact) mass is 316 g/mol. The van der Waals surface area contributed by atoms with Crippen LogP contribution in [0.1, 0.15) is 5.69 Å². The number of rotatable bonds is 3. The number of imide groups is 1. The Morgan fingerprint density at radius 2 is 1.95 bits per heavy atom. The fraction of sp³-hybridized carbons (Fsp3) is 0. The lowest BCUT2D eigenvalue weighted by molar-refractivity contribution is -0.384. The average Bonchev–Trinajstić information content (AvgIpc) is 3.06. The van der Waals surface area contributed by atoms with Gasteiger partial charge in [0.1, 0.15) is 0 Å². The summed E-state index contributed by atoms with van der Waals surface area (Å²) in [5.41, 5.74) is 1.15. The zero-order valence-corrected chi connectivity index (χ0v) is 11.7. The van der Waals surface area contributed by atoms with E-state index in [9.17, 15) is 19.7 Å². The van der Waals surface area contributed by atoms with E-state index in [-0.39, 0.29) is 10.6 Å². The summed E-state index contributed by atoms with van der Waals surface area (Å²) in [7, 11) is 0. The molecule has 3 rings (SSSR count). The van der Waals surface area contributed by atoms with Gasteiger partial charge in [0, 0.05) is 18.3 Å². The summed E-state index contributed by atoms with van der Waals surface area (Å²) < 4.78 is 1.52. The van der Waals surface area contributed by atoms with Crippen LogP contribution in [0.2, 0.25) is 0 Å². The molecule has 1 aromatic heterocycles. The zero-order chi connectivity index (χ0) is 15.7. The van der Waals surface area contributed by atoms with Crippen molar-refractivity contribution in [1.82, 2.24) is 15.1 Å². The van der Waals surface area contributed by atoms with Gasteiger partial charge in [-0.2, -0.15) is 5.10 Å². The molecule has 0 unspecified atom stereocenters. The summed E-state index contributed by atoms with van der Waals surface area (Å²) >= 11 is 0.816. The molecule has 1 N–H and O–H groups in total. The third kappa shape index (κ3) is 2.74. The molecule has 22 heavy (non-hydrogen) atoms. The topological polar surface area (TPSA) is 107 Å². The Hall–Kier alpha value is -2.94. The van der Waals surface area contributed by atoms with E-state index in [1.807, 2.05) is 0 Å². The lowest BCUT2D eigenvalue weighted by Gasteiger charge is -2.00. The summed E-state index contributed by atoms with van der Waals surface area (Å²) in [4.78, 5) is 32.9. The smallest absolute Gasteiger partial charge is 0.282 e. The van der Waals surface area contributed by atoms with Crippen molar-refractivity contribution < 1.29 is 14.5 Å². The first kappa shape index (κ1) is 14.0. The zero-order valence-electron chi connectivity index (χ0n) is 10.9. The van der Waals surface area contributed by atoms with Gasteiger partial charge in [-0.25, -0.2) is 4.68 Å². The second kappa shape index (κ2) is 5.45. The molecule has 110 valence electrons. The first-order valence-electron chi connectivity index (χ1n) is 6.08. The van der Waals surface area contributed by atoms with Gasteiger partial charge in [0.15, 0.2) is 0 Å². The van der Waals surface area contributed by atoms with E-state index < -0.39 is 16.1 Å². The standard InChI is InChI=1S/C13H8N4O4S/c18-12-11(22-13(19)14-12)7-8-5-6-16(15-8)9-1-3-10(4-2-9)17(20)21/h1-7H,(H,14,18,19)/b11-7-. The van der Waals surface area contributed by atoms with E-state index >= 15 is 0 Å². The van der Waals surface area contributed by atoms with Crippen molar-refractivity contribution in [3.63, 3.8) is 0 Å². The van der Waals surface area contributed by atoms with Crippen LogP contribution in [0, 0.1) is 10.1 Å². The molecule has 0 atom stereocenters. The van der Waals surface area contributed by atoms with E-state index in [0.717, 1.165) is 11.8 Å². The van der Waals surface area contributed by atoms with Gasteiger partial charge in [-0.3, -0.25) is 25.0 Å². The van der Waals surface area contributed by atoms with E-state index in [1.54, 1.807) is 24.4 Å². The minimum absolute atomic E-state index is 0.00390. The molecular weight excluding hydrogens is 308 g/mol. The molecular formula is C13H8N4O4S. The largest absolute Gasteiger partial charge is 0.290 e. The Morgan fingerprint density at radius 1 is 1.23 bits per heavy atom. The molecule has 1 fully saturated rings. The van der Waals surface area contributed by atoms with E-state index in [1.165, 1.54) is 22.9 Å². The highest BCUT2D eigenvalue weighted by Gasteiger charge is 2.25. The van der Waals surface area contributed by atoms with Crippen LogP contribution in [0.25, 0.3) is 11.8 Å². The maximum atomic E-state index is 11.4. The van der Waals surface area contributed by atoms with Crippen LogP contribution in [0.15, 0.2) is 41.4 Å². The molecule has 1 aliphatic rings. The third-order valence-electron chi connectivity index (χ3n) is 2.86. The number of thioether (sulfide) groups is 1. The normalized spacial score (nSPS) is 16.1. The van der Waals surface area contributed by atoms with Crippen LogP contribution < -0.4 is 5.32 Å². The quantitative estimate of drug-likeness (QED) is 0.528. The van der Waals surface area contributed by atoms with Gasteiger partial charge >= 0.3 is 0 Å². The van der Waals surface area contributed by atoms with Gasteiger partial charge in [0.25, 0.3) is 16.8 Å². The van der Waals surface area contributed by atoms with Crippen LogP contribution in [0.3, 0.4) is 0 Å². The lowest BCUT2D eigenvalue weighted by Crippen LogP contribution is -2.17. The van der Waals surface area contributed by atoms with E-state index in [4.69, 9.17) is 0 Å². The Balaban J connectivity index is 1.85. The van der Waals surface area contributed by atoms with E-state index in [0.29, 0.717) is 11.4 Å². The van der Waals surface area contributed by atoms with Gasteiger partial charge in [-0.1, -0.05) is 0 Å². The molecule has 0 spiro atoms. The van der Waals surface area contributed by atoms with Gasteiger partial charge in [-0.15, -0.1) is 0 Å². The molecule has 0 radical (unpaired) electrons. The molecule has 2 amide bonds. The number of hydrogen-bond donors (Lipinski definition) is 1. The van der Waals surface area contributed by atoms with Crippen molar-refractivity contribution in [1.29, 1.82) is 0 Å². The number of nitrogens with zero attached hydrogens (tertiary/aromatic N) is 3. The van der Waals surface area contributed by atoms with Crippen molar-refractivity contribution in [2.45, 2.75) is 0 Å². The van der Waals surface area contributed by atoms with Gasteiger partial charge in [-0.05, 0) is 36.0 Å². The van der Waals surface area contributed by atoms with E-state index in [2.05, 4.69) is 10.4 Å². The lowest BCUT2D eigenvalue weighted by atomic mass is 10.3. The van der Waals surface area contributed by atoms with Gasteiger partial charge < -0.3 is 0 Å². The number of aromatic nitrogens is 2. The average molecular weight is 316 g/mol. The highest BCUT2D eigenvalue weighted by molar-refractivity contribution is 8.18. The molecule has 1 aromatic carbocycles. The van der Waals surface area contributed by atoms with Crippen molar-refractivity contribution in [2.75, 3.05) is 0 Å². The molecule has 8 nitrogen and oxygen atoms in total. The minimum Gasteiger partial charge on any atom is -0.282 e. The SMILES string of the molecule is O=C1NC(=O)/C(=C/c2ccn(-c3ccc([N+](=O)[O-])cc3)n2)S1.